The Morgan fingerprint density at radius 3 is 2.53 bits per heavy atom. The summed E-state index contributed by atoms with van der Waals surface area (Å²) in [5, 5.41) is 5.99. The van der Waals surface area contributed by atoms with Gasteiger partial charge >= 0.3 is 12.1 Å². The molecule has 4 rings (SSSR count). The first-order chi connectivity index (χ1) is 16.2. The fraction of sp³-hybridized carbons (Fsp3) is 0.273. The van der Waals surface area contributed by atoms with E-state index in [9.17, 15) is 27.2 Å². The van der Waals surface area contributed by atoms with Crippen LogP contribution in [0.1, 0.15) is 26.6 Å². The van der Waals surface area contributed by atoms with Gasteiger partial charge < -0.3 is 19.5 Å². The van der Waals surface area contributed by atoms with Gasteiger partial charge in [0.25, 0.3) is 11.8 Å². The SMILES string of the molecule is O=C(NCC1COCCN1C(=O)c1ccccc1F)c1ccc(-c2noc(C(F)(F)F)n2)cc1. The van der Waals surface area contributed by atoms with Gasteiger partial charge in [-0.3, -0.25) is 9.59 Å². The van der Waals surface area contributed by atoms with Crippen LogP contribution in [0.4, 0.5) is 17.6 Å². The predicted octanol–water partition coefficient (Wildman–Crippen LogP) is 3.17. The zero-order valence-electron chi connectivity index (χ0n) is 17.5. The summed E-state index contributed by atoms with van der Waals surface area (Å²) in [7, 11) is 0. The third kappa shape index (κ3) is 5.06. The van der Waals surface area contributed by atoms with Crippen molar-refractivity contribution in [3.05, 3.63) is 71.4 Å². The van der Waals surface area contributed by atoms with E-state index in [1.165, 1.54) is 47.4 Å². The molecule has 0 bridgehead atoms. The lowest BCUT2D eigenvalue weighted by molar-refractivity contribution is -0.159. The van der Waals surface area contributed by atoms with Gasteiger partial charge in [-0.25, -0.2) is 4.39 Å². The summed E-state index contributed by atoms with van der Waals surface area (Å²) in [6.07, 6.45) is -4.75. The Labute approximate surface area is 190 Å². The van der Waals surface area contributed by atoms with Crippen LogP contribution in [0.2, 0.25) is 0 Å². The molecule has 1 unspecified atom stereocenters. The molecule has 1 aliphatic rings. The van der Waals surface area contributed by atoms with Crippen LogP contribution in [0.5, 0.6) is 0 Å². The minimum absolute atomic E-state index is 0.0561. The molecule has 0 saturated carbocycles. The first-order valence-electron chi connectivity index (χ1n) is 10.2. The van der Waals surface area contributed by atoms with Crippen molar-refractivity contribution in [2.45, 2.75) is 12.2 Å². The first kappa shape index (κ1) is 23.4. The summed E-state index contributed by atoms with van der Waals surface area (Å²) in [6, 6.07) is 10.7. The van der Waals surface area contributed by atoms with Gasteiger partial charge in [0, 0.05) is 24.2 Å². The maximum atomic E-state index is 14.1. The third-order valence-electron chi connectivity index (χ3n) is 5.16. The Morgan fingerprint density at radius 1 is 1.12 bits per heavy atom. The Bertz CT molecular complexity index is 1180. The molecule has 2 heterocycles. The van der Waals surface area contributed by atoms with Crippen molar-refractivity contribution >= 4 is 11.8 Å². The van der Waals surface area contributed by atoms with E-state index in [2.05, 4.69) is 20.0 Å². The number of benzene rings is 2. The lowest BCUT2D eigenvalue weighted by Crippen LogP contribution is -2.53. The molecule has 8 nitrogen and oxygen atoms in total. The molecule has 1 atom stereocenters. The Hall–Kier alpha value is -3.80. The second-order valence-electron chi connectivity index (χ2n) is 7.42. The number of morpholine rings is 1. The molecule has 1 fully saturated rings. The van der Waals surface area contributed by atoms with Gasteiger partial charge in [0.1, 0.15) is 5.82 Å². The number of halogens is 4. The molecule has 0 radical (unpaired) electrons. The molecule has 2 aromatic carbocycles. The summed E-state index contributed by atoms with van der Waals surface area (Å²) in [5.41, 5.74) is 0.400. The summed E-state index contributed by atoms with van der Waals surface area (Å²) >= 11 is 0. The predicted molar refractivity (Wildman–Crippen MR) is 109 cm³/mol. The minimum Gasteiger partial charge on any atom is -0.377 e. The highest BCUT2D eigenvalue weighted by Crippen LogP contribution is 2.29. The number of aromatic nitrogens is 2. The van der Waals surface area contributed by atoms with E-state index in [0.29, 0.717) is 0 Å². The second kappa shape index (κ2) is 9.59. The van der Waals surface area contributed by atoms with Crippen molar-refractivity contribution in [3.8, 4) is 11.4 Å². The van der Waals surface area contributed by atoms with Gasteiger partial charge in [-0.15, -0.1) is 0 Å². The van der Waals surface area contributed by atoms with E-state index in [1.54, 1.807) is 6.07 Å². The van der Waals surface area contributed by atoms with Crippen LogP contribution in [-0.4, -0.2) is 59.2 Å². The Morgan fingerprint density at radius 2 is 1.85 bits per heavy atom. The summed E-state index contributed by atoms with van der Waals surface area (Å²) < 4.78 is 61.5. The normalized spacial score (nSPS) is 16.4. The molecule has 1 saturated heterocycles. The van der Waals surface area contributed by atoms with Crippen LogP contribution in [-0.2, 0) is 10.9 Å². The lowest BCUT2D eigenvalue weighted by atomic mass is 10.1. The van der Waals surface area contributed by atoms with E-state index in [4.69, 9.17) is 4.74 Å². The number of alkyl halides is 3. The molecule has 0 spiro atoms. The number of carbonyl (C=O) groups excluding carboxylic acids is 2. The highest BCUT2D eigenvalue weighted by Gasteiger charge is 2.38. The monoisotopic (exact) mass is 478 g/mol. The molecule has 0 aliphatic carbocycles. The Kier molecular flexibility index (Phi) is 6.59. The number of nitrogens with zero attached hydrogens (tertiary/aromatic N) is 3. The van der Waals surface area contributed by atoms with Crippen molar-refractivity contribution in [2.24, 2.45) is 0 Å². The van der Waals surface area contributed by atoms with Crippen molar-refractivity contribution in [1.29, 1.82) is 0 Å². The molecule has 1 N–H and O–H groups in total. The van der Waals surface area contributed by atoms with Crippen LogP contribution >= 0.6 is 0 Å². The van der Waals surface area contributed by atoms with Gasteiger partial charge in [-0.2, -0.15) is 18.2 Å². The van der Waals surface area contributed by atoms with Crippen LogP contribution in [0.3, 0.4) is 0 Å². The molecule has 178 valence electrons. The first-order valence-corrected chi connectivity index (χ1v) is 10.2. The fourth-order valence-electron chi connectivity index (χ4n) is 3.42. The molecule has 12 heteroatoms. The highest BCUT2D eigenvalue weighted by atomic mass is 19.4. The molecule has 1 aromatic heterocycles. The molecular weight excluding hydrogens is 460 g/mol. The molecule has 2 amide bonds. The molecule has 34 heavy (non-hydrogen) atoms. The largest absolute Gasteiger partial charge is 0.471 e. The lowest BCUT2D eigenvalue weighted by Gasteiger charge is -2.35. The van der Waals surface area contributed by atoms with Crippen molar-refractivity contribution in [2.75, 3.05) is 26.3 Å². The number of hydrogen-bond acceptors (Lipinski definition) is 6. The number of nitrogens with one attached hydrogen (secondary N) is 1. The van der Waals surface area contributed by atoms with Gasteiger partial charge in [0.05, 0.1) is 24.8 Å². The van der Waals surface area contributed by atoms with E-state index in [1.807, 2.05) is 0 Å². The number of hydrogen-bond donors (Lipinski definition) is 1. The van der Waals surface area contributed by atoms with Crippen LogP contribution in [0.25, 0.3) is 11.4 Å². The van der Waals surface area contributed by atoms with Gasteiger partial charge in [0.15, 0.2) is 0 Å². The number of carbonyl (C=O) groups is 2. The topological polar surface area (TPSA) is 97.6 Å². The van der Waals surface area contributed by atoms with E-state index in [0.717, 1.165) is 0 Å². The maximum Gasteiger partial charge on any atom is 0.471 e. The van der Waals surface area contributed by atoms with E-state index >= 15 is 0 Å². The fourth-order valence-corrected chi connectivity index (χ4v) is 3.42. The summed E-state index contributed by atoms with van der Waals surface area (Å²) in [5.74, 6) is -3.33. The average molecular weight is 478 g/mol. The van der Waals surface area contributed by atoms with Gasteiger partial charge in [0.2, 0.25) is 5.82 Å². The van der Waals surface area contributed by atoms with E-state index < -0.39 is 35.7 Å². The number of rotatable bonds is 5. The van der Waals surface area contributed by atoms with Crippen LogP contribution in [0.15, 0.2) is 53.1 Å². The molecular formula is C22H18F4N4O4. The highest BCUT2D eigenvalue weighted by molar-refractivity contribution is 5.96. The summed E-state index contributed by atoms with van der Waals surface area (Å²) in [6.45, 7) is 0.755. The van der Waals surface area contributed by atoms with E-state index in [-0.39, 0.29) is 48.8 Å². The number of ether oxygens (including phenoxy) is 1. The Balaban J connectivity index is 1.40. The third-order valence-corrected chi connectivity index (χ3v) is 5.16. The molecule has 1 aliphatic heterocycles. The zero-order valence-corrected chi connectivity index (χ0v) is 17.5. The van der Waals surface area contributed by atoms with Gasteiger partial charge in [-0.1, -0.05) is 29.4 Å². The quantitative estimate of drug-likeness (QED) is 0.566. The standard InChI is InChI=1S/C22H18F4N4O4/c23-17-4-2-1-3-16(17)20(32)30-9-10-33-12-15(30)11-27-19(31)14-7-5-13(6-8-14)18-28-21(34-29-18)22(24,25)26/h1-8,15H,9-12H2,(H,27,31). The zero-order chi connectivity index (χ0) is 24.3. The molecule has 3 aromatic rings. The van der Waals surface area contributed by atoms with Crippen molar-refractivity contribution in [3.63, 3.8) is 0 Å². The smallest absolute Gasteiger partial charge is 0.377 e. The van der Waals surface area contributed by atoms with Gasteiger partial charge in [-0.05, 0) is 24.3 Å². The average Bonchev–Trinajstić information content (AvgIpc) is 3.34. The second-order valence-corrected chi connectivity index (χ2v) is 7.42. The minimum atomic E-state index is -4.75. The maximum absolute atomic E-state index is 14.1. The van der Waals surface area contributed by atoms with Crippen molar-refractivity contribution in [1.82, 2.24) is 20.4 Å². The van der Waals surface area contributed by atoms with Crippen molar-refractivity contribution < 1.29 is 36.4 Å². The summed E-state index contributed by atoms with van der Waals surface area (Å²) in [4.78, 5) is 30.1. The van der Waals surface area contributed by atoms with Crippen LogP contribution < -0.4 is 5.32 Å². The number of amides is 2. The van der Waals surface area contributed by atoms with Crippen LogP contribution in [0, 0.1) is 5.82 Å².